The van der Waals surface area contributed by atoms with E-state index < -0.39 is 0 Å². The van der Waals surface area contributed by atoms with Crippen molar-refractivity contribution in [1.29, 1.82) is 0 Å². The minimum Gasteiger partial charge on any atom is -0.394 e. The first-order valence-electron chi connectivity index (χ1n) is 8.26. The second kappa shape index (κ2) is 7.39. The predicted octanol–water partition coefficient (Wildman–Crippen LogP) is 2.60. The van der Waals surface area contributed by atoms with Gasteiger partial charge in [-0.2, -0.15) is 0 Å². The van der Waals surface area contributed by atoms with Crippen molar-refractivity contribution >= 4 is 0 Å². The average molecular weight is 290 g/mol. The summed E-state index contributed by atoms with van der Waals surface area (Å²) in [5.41, 5.74) is 0.830. The van der Waals surface area contributed by atoms with Crippen molar-refractivity contribution in [3.63, 3.8) is 0 Å². The topological polar surface area (TPSA) is 35.5 Å². The molecule has 0 aliphatic heterocycles. The van der Waals surface area contributed by atoms with Gasteiger partial charge in [0.05, 0.1) is 12.1 Å². The van der Waals surface area contributed by atoms with Gasteiger partial charge in [-0.3, -0.25) is 4.90 Å². The van der Waals surface area contributed by atoms with Gasteiger partial charge in [0.2, 0.25) is 0 Å². The number of rotatable bonds is 9. The van der Waals surface area contributed by atoms with Crippen molar-refractivity contribution in [2.75, 3.05) is 26.2 Å². The van der Waals surface area contributed by atoms with Gasteiger partial charge in [0.15, 0.2) is 0 Å². The van der Waals surface area contributed by atoms with Crippen molar-refractivity contribution in [3.05, 3.63) is 35.9 Å². The van der Waals surface area contributed by atoms with E-state index in [4.69, 9.17) is 0 Å². The van der Waals surface area contributed by atoms with E-state index in [2.05, 4.69) is 55.3 Å². The fraction of sp³-hybridized carbons (Fsp3) is 0.667. The van der Waals surface area contributed by atoms with Crippen molar-refractivity contribution in [2.45, 2.75) is 45.2 Å². The second-order valence-corrected chi connectivity index (χ2v) is 6.69. The first-order valence-corrected chi connectivity index (χ1v) is 8.26. The molecule has 3 nitrogen and oxygen atoms in total. The van der Waals surface area contributed by atoms with Crippen molar-refractivity contribution in [3.8, 4) is 0 Å². The van der Waals surface area contributed by atoms with Crippen LogP contribution in [-0.4, -0.2) is 42.3 Å². The summed E-state index contributed by atoms with van der Waals surface area (Å²) in [4.78, 5) is 2.57. The Morgan fingerprint density at radius 3 is 2.43 bits per heavy atom. The first kappa shape index (κ1) is 16.5. The highest BCUT2D eigenvalue weighted by atomic mass is 16.3. The van der Waals surface area contributed by atoms with Crippen LogP contribution in [0.2, 0.25) is 0 Å². The molecule has 1 aliphatic carbocycles. The zero-order chi connectivity index (χ0) is 15.3. The third-order valence-electron chi connectivity index (χ3n) is 4.25. The van der Waals surface area contributed by atoms with Crippen molar-refractivity contribution < 1.29 is 5.11 Å². The number of hydrogen-bond acceptors (Lipinski definition) is 3. The van der Waals surface area contributed by atoms with Crippen LogP contribution in [0.3, 0.4) is 0 Å². The normalized spacial score (nSPS) is 18.2. The van der Waals surface area contributed by atoms with E-state index >= 15 is 0 Å². The molecular weight excluding hydrogens is 260 g/mol. The Morgan fingerprint density at radius 2 is 1.95 bits per heavy atom. The zero-order valence-electron chi connectivity index (χ0n) is 13.7. The lowest BCUT2D eigenvalue weighted by Gasteiger charge is -2.39. The molecule has 1 unspecified atom stereocenters. The Morgan fingerprint density at radius 1 is 1.29 bits per heavy atom. The number of benzene rings is 1. The average Bonchev–Trinajstić information content (AvgIpc) is 3.31. The highest BCUT2D eigenvalue weighted by Crippen LogP contribution is 2.31. The monoisotopic (exact) mass is 290 g/mol. The zero-order valence-corrected chi connectivity index (χ0v) is 13.7. The molecule has 1 saturated carbocycles. The lowest BCUT2D eigenvalue weighted by molar-refractivity contribution is 0.0968. The molecule has 0 spiro atoms. The smallest absolute Gasteiger partial charge is 0.0797 e. The predicted molar refractivity (Wildman–Crippen MR) is 88.3 cm³/mol. The lowest BCUT2D eigenvalue weighted by atomic mass is 9.89. The highest BCUT2D eigenvalue weighted by molar-refractivity contribution is 5.25. The molecule has 2 N–H and O–H groups in total. The van der Waals surface area contributed by atoms with Crippen molar-refractivity contribution in [2.24, 2.45) is 5.92 Å². The van der Waals surface area contributed by atoms with Gasteiger partial charge in [-0.15, -0.1) is 0 Å². The summed E-state index contributed by atoms with van der Waals surface area (Å²) >= 11 is 0. The van der Waals surface area contributed by atoms with Gasteiger partial charge >= 0.3 is 0 Å². The van der Waals surface area contributed by atoms with Crippen LogP contribution in [0.25, 0.3) is 0 Å². The fourth-order valence-electron chi connectivity index (χ4n) is 3.14. The summed E-state index contributed by atoms with van der Waals surface area (Å²) in [6, 6.07) is 11.1. The largest absolute Gasteiger partial charge is 0.394 e. The van der Waals surface area contributed by atoms with Gasteiger partial charge in [-0.25, -0.2) is 0 Å². The number of aliphatic hydroxyl groups excluding tert-OH is 1. The Hall–Kier alpha value is -0.900. The number of nitrogens with zero attached hydrogens (tertiary/aromatic N) is 1. The molecule has 0 aromatic heterocycles. The van der Waals surface area contributed by atoms with Crippen molar-refractivity contribution in [1.82, 2.24) is 10.2 Å². The summed E-state index contributed by atoms with van der Waals surface area (Å²) < 4.78 is 0. The summed E-state index contributed by atoms with van der Waals surface area (Å²) in [6.45, 7) is 9.62. The summed E-state index contributed by atoms with van der Waals surface area (Å²) in [5.74, 6) is 0.652. The third kappa shape index (κ3) is 4.29. The number of likely N-dealkylation sites (N-methyl/N-ethyl adjacent to an activating group) is 1. The molecule has 1 aromatic carbocycles. The van der Waals surface area contributed by atoms with E-state index in [1.54, 1.807) is 0 Å². The highest BCUT2D eigenvalue weighted by Gasteiger charge is 2.38. The van der Waals surface area contributed by atoms with Crippen LogP contribution in [0.4, 0.5) is 0 Å². The molecular formula is C18H30N2O. The van der Waals surface area contributed by atoms with E-state index in [1.807, 2.05) is 6.07 Å². The third-order valence-corrected chi connectivity index (χ3v) is 4.25. The van der Waals surface area contributed by atoms with Crippen LogP contribution in [0.15, 0.2) is 30.3 Å². The molecule has 0 saturated heterocycles. The molecule has 1 aromatic rings. The molecule has 0 heterocycles. The molecule has 118 valence electrons. The Balaban J connectivity index is 2.22. The number of nitrogens with one attached hydrogen (secondary N) is 1. The van der Waals surface area contributed by atoms with Crippen LogP contribution in [0.5, 0.6) is 0 Å². The molecule has 0 amide bonds. The van der Waals surface area contributed by atoms with E-state index in [0.717, 1.165) is 19.6 Å². The quantitative estimate of drug-likeness (QED) is 0.734. The maximum atomic E-state index is 10.2. The summed E-state index contributed by atoms with van der Waals surface area (Å²) in [6.07, 6.45) is 2.60. The molecule has 2 rings (SSSR count). The SMILES string of the molecule is CCNC(CO)(CN(CC(C)C)C1CC1)c1ccccc1. The van der Waals surface area contributed by atoms with Crippen LogP contribution < -0.4 is 5.32 Å². The van der Waals surface area contributed by atoms with Gasteiger partial charge < -0.3 is 10.4 Å². The second-order valence-electron chi connectivity index (χ2n) is 6.69. The molecule has 1 fully saturated rings. The molecule has 3 heteroatoms. The minimum atomic E-state index is -0.354. The van der Waals surface area contributed by atoms with Crippen LogP contribution in [0, 0.1) is 5.92 Å². The van der Waals surface area contributed by atoms with Gasteiger partial charge in [0.25, 0.3) is 0 Å². The van der Waals surface area contributed by atoms with Gasteiger partial charge in [-0.1, -0.05) is 51.1 Å². The first-order chi connectivity index (χ1) is 10.1. The summed E-state index contributed by atoms with van der Waals surface area (Å²) in [7, 11) is 0. The van der Waals surface area contributed by atoms with Gasteiger partial charge in [0, 0.05) is 19.1 Å². The van der Waals surface area contributed by atoms with Gasteiger partial charge in [-0.05, 0) is 30.9 Å². The molecule has 1 aliphatic rings. The Kier molecular flexibility index (Phi) is 5.80. The standard InChI is InChI=1S/C18H30N2O/c1-4-19-18(14-21,16-8-6-5-7-9-16)13-20(12-15(2)3)17-10-11-17/h5-9,15,17,19,21H,4,10-14H2,1-3H3. The molecule has 0 radical (unpaired) electrons. The number of aliphatic hydroxyl groups is 1. The molecule has 1 atom stereocenters. The fourth-order valence-corrected chi connectivity index (χ4v) is 3.14. The van der Waals surface area contributed by atoms with E-state index in [9.17, 15) is 5.11 Å². The lowest BCUT2D eigenvalue weighted by Crippen LogP contribution is -2.54. The molecule has 0 bridgehead atoms. The summed E-state index contributed by atoms with van der Waals surface area (Å²) in [5, 5.41) is 13.7. The van der Waals surface area contributed by atoms with Crippen LogP contribution in [0.1, 0.15) is 39.2 Å². The maximum Gasteiger partial charge on any atom is 0.0797 e. The number of hydrogen-bond donors (Lipinski definition) is 2. The van der Waals surface area contributed by atoms with Gasteiger partial charge in [0.1, 0.15) is 0 Å². The molecule has 21 heavy (non-hydrogen) atoms. The minimum absolute atomic E-state index is 0.131. The Labute approximate surface area is 129 Å². The van der Waals surface area contributed by atoms with Crippen LogP contribution >= 0.6 is 0 Å². The van der Waals surface area contributed by atoms with E-state index in [-0.39, 0.29) is 12.1 Å². The maximum absolute atomic E-state index is 10.2. The van der Waals surface area contributed by atoms with E-state index in [0.29, 0.717) is 12.0 Å². The van der Waals surface area contributed by atoms with Crippen LogP contribution in [-0.2, 0) is 5.54 Å². The Bertz CT molecular complexity index is 416. The van der Waals surface area contributed by atoms with E-state index in [1.165, 1.54) is 18.4 Å².